The van der Waals surface area contributed by atoms with Crippen LogP contribution in [0.4, 0.5) is 0 Å². The zero-order valence-corrected chi connectivity index (χ0v) is 14.6. The molecule has 3 aliphatic rings. The van der Waals surface area contributed by atoms with E-state index in [1.54, 1.807) is 0 Å². The van der Waals surface area contributed by atoms with Gasteiger partial charge in [-0.15, -0.1) is 0 Å². The smallest absolute Gasteiger partial charge is 0.165 e. The average Bonchev–Trinajstić information content (AvgIpc) is 3.16. The summed E-state index contributed by atoms with van der Waals surface area (Å²) in [5.41, 5.74) is 4.57. The summed E-state index contributed by atoms with van der Waals surface area (Å²) in [4.78, 5) is 30.5. The van der Waals surface area contributed by atoms with Crippen molar-refractivity contribution in [1.82, 2.24) is 4.98 Å². The Bertz CT molecular complexity index is 684. The number of hydrogen-bond acceptors (Lipinski definition) is 3. The molecule has 1 fully saturated rings. The van der Waals surface area contributed by atoms with Crippen molar-refractivity contribution in [2.24, 2.45) is 10.8 Å². The third-order valence-corrected chi connectivity index (χ3v) is 5.50. The van der Waals surface area contributed by atoms with Crippen molar-refractivity contribution in [2.45, 2.75) is 72.1 Å². The predicted molar refractivity (Wildman–Crippen MR) is 89.1 cm³/mol. The van der Waals surface area contributed by atoms with Gasteiger partial charge < -0.3 is 0 Å². The monoisotopic (exact) mass is 311 g/mol. The van der Waals surface area contributed by atoms with Gasteiger partial charge in [-0.3, -0.25) is 14.6 Å². The van der Waals surface area contributed by atoms with Crippen LogP contribution in [-0.4, -0.2) is 16.6 Å². The van der Waals surface area contributed by atoms with Crippen LogP contribution < -0.4 is 0 Å². The lowest BCUT2D eigenvalue weighted by atomic mass is 9.69. The summed E-state index contributed by atoms with van der Waals surface area (Å²) in [5.74, 6) is 0.813. The molecule has 23 heavy (non-hydrogen) atoms. The van der Waals surface area contributed by atoms with Gasteiger partial charge >= 0.3 is 0 Å². The van der Waals surface area contributed by atoms with Crippen LogP contribution in [0.15, 0.2) is 0 Å². The Kier molecular flexibility index (Phi) is 2.96. The normalized spacial score (nSPS) is 25.0. The van der Waals surface area contributed by atoms with Gasteiger partial charge in [0.1, 0.15) is 0 Å². The van der Waals surface area contributed by atoms with Crippen molar-refractivity contribution < 1.29 is 9.59 Å². The van der Waals surface area contributed by atoms with Crippen LogP contribution in [0.1, 0.15) is 97.0 Å². The van der Waals surface area contributed by atoms with Crippen molar-refractivity contribution >= 4 is 11.6 Å². The topological polar surface area (TPSA) is 47.0 Å². The molecular formula is C20H25NO2. The molecule has 1 aromatic heterocycles. The van der Waals surface area contributed by atoms with Gasteiger partial charge in [-0.25, -0.2) is 0 Å². The molecule has 0 spiro atoms. The number of carbonyl (C=O) groups excluding carboxylic acids is 2. The molecule has 0 N–H and O–H groups in total. The van der Waals surface area contributed by atoms with E-state index in [9.17, 15) is 9.59 Å². The molecule has 0 radical (unpaired) electrons. The summed E-state index contributed by atoms with van der Waals surface area (Å²) in [5, 5.41) is 0. The molecule has 122 valence electrons. The molecule has 0 atom stereocenters. The zero-order valence-electron chi connectivity index (χ0n) is 14.6. The van der Waals surface area contributed by atoms with Gasteiger partial charge in [-0.2, -0.15) is 0 Å². The van der Waals surface area contributed by atoms with Gasteiger partial charge in [0, 0.05) is 24.0 Å². The van der Waals surface area contributed by atoms with E-state index in [1.807, 2.05) is 0 Å². The highest BCUT2D eigenvalue weighted by molar-refractivity contribution is 6.06. The maximum Gasteiger partial charge on any atom is 0.165 e. The highest BCUT2D eigenvalue weighted by atomic mass is 16.1. The SMILES string of the molecule is CC1(C)CC(=O)c2c(nc3c(c2C2CC2)C(=O)CC(C)(C)C3)C1. The highest BCUT2D eigenvalue weighted by Crippen LogP contribution is 2.49. The van der Waals surface area contributed by atoms with E-state index in [1.165, 1.54) is 0 Å². The predicted octanol–water partition coefficient (Wildman–Crippen LogP) is 4.27. The summed E-state index contributed by atoms with van der Waals surface area (Å²) in [6, 6.07) is 0. The number of fused-ring (bicyclic) bond motifs is 2. The Morgan fingerprint density at radius 1 is 0.783 bits per heavy atom. The minimum Gasteiger partial charge on any atom is -0.294 e. The first-order valence-corrected chi connectivity index (χ1v) is 8.79. The minimum atomic E-state index is -0.0274. The van der Waals surface area contributed by atoms with Crippen LogP contribution in [0.2, 0.25) is 0 Å². The number of nitrogens with zero attached hydrogens (tertiary/aromatic N) is 1. The van der Waals surface area contributed by atoms with Crippen LogP contribution in [0, 0.1) is 10.8 Å². The van der Waals surface area contributed by atoms with Gasteiger partial charge in [0.25, 0.3) is 0 Å². The number of pyridine rings is 1. The average molecular weight is 311 g/mol. The number of hydrogen-bond donors (Lipinski definition) is 0. The lowest BCUT2D eigenvalue weighted by molar-refractivity contribution is 0.0903. The molecule has 1 saturated carbocycles. The van der Waals surface area contributed by atoms with Crippen LogP contribution in [0.3, 0.4) is 0 Å². The van der Waals surface area contributed by atoms with Crippen LogP contribution in [0.25, 0.3) is 0 Å². The minimum absolute atomic E-state index is 0.0274. The molecule has 1 aromatic rings. The van der Waals surface area contributed by atoms with Gasteiger partial charge in [0.05, 0.1) is 11.4 Å². The molecule has 0 bridgehead atoms. The van der Waals surface area contributed by atoms with Gasteiger partial charge in [-0.05, 0) is 48.0 Å². The molecule has 3 aliphatic carbocycles. The first kappa shape index (κ1) is 15.0. The first-order valence-electron chi connectivity index (χ1n) is 8.79. The molecular weight excluding hydrogens is 286 g/mol. The van der Waals surface area contributed by atoms with Crippen molar-refractivity contribution in [3.8, 4) is 0 Å². The summed E-state index contributed by atoms with van der Waals surface area (Å²) in [6.45, 7) is 8.56. The Balaban J connectivity index is 1.97. The fourth-order valence-corrected chi connectivity index (χ4v) is 4.45. The lowest BCUT2D eigenvalue weighted by Crippen LogP contribution is -2.34. The maximum atomic E-state index is 12.8. The van der Waals surface area contributed by atoms with E-state index in [2.05, 4.69) is 27.7 Å². The molecule has 0 aliphatic heterocycles. The quantitative estimate of drug-likeness (QED) is 0.778. The molecule has 0 saturated heterocycles. The van der Waals surface area contributed by atoms with Gasteiger partial charge in [0.15, 0.2) is 11.6 Å². The Hall–Kier alpha value is -1.51. The van der Waals surface area contributed by atoms with Crippen molar-refractivity contribution in [2.75, 3.05) is 0 Å². The molecule has 1 heterocycles. The molecule has 0 aromatic carbocycles. The molecule has 0 amide bonds. The van der Waals surface area contributed by atoms with E-state index < -0.39 is 0 Å². The fourth-order valence-electron chi connectivity index (χ4n) is 4.45. The van der Waals surface area contributed by atoms with Crippen molar-refractivity contribution in [1.29, 1.82) is 0 Å². The van der Waals surface area contributed by atoms with Crippen molar-refractivity contribution in [3.05, 3.63) is 28.1 Å². The molecule has 0 unspecified atom stereocenters. The number of carbonyl (C=O) groups is 2. The number of aromatic nitrogens is 1. The molecule has 3 heteroatoms. The molecule has 4 rings (SSSR count). The molecule has 3 nitrogen and oxygen atoms in total. The fraction of sp³-hybridized carbons (Fsp3) is 0.650. The summed E-state index contributed by atoms with van der Waals surface area (Å²) < 4.78 is 0. The van der Waals surface area contributed by atoms with Crippen LogP contribution >= 0.6 is 0 Å². The third-order valence-electron chi connectivity index (χ3n) is 5.50. The maximum absolute atomic E-state index is 12.8. The van der Waals surface area contributed by atoms with E-state index in [0.717, 1.165) is 53.8 Å². The second-order valence-electron chi connectivity index (χ2n) is 9.33. The second-order valence-corrected chi connectivity index (χ2v) is 9.33. The van der Waals surface area contributed by atoms with Crippen LogP contribution in [-0.2, 0) is 12.8 Å². The van der Waals surface area contributed by atoms with E-state index in [4.69, 9.17) is 4.98 Å². The van der Waals surface area contributed by atoms with Crippen LogP contribution in [0.5, 0.6) is 0 Å². The summed E-state index contributed by atoms with van der Waals surface area (Å²) in [6.07, 6.45) is 5.04. The van der Waals surface area contributed by atoms with E-state index in [0.29, 0.717) is 18.8 Å². The summed E-state index contributed by atoms with van der Waals surface area (Å²) >= 11 is 0. The van der Waals surface area contributed by atoms with E-state index in [-0.39, 0.29) is 22.4 Å². The zero-order chi connectivity index (χ0) is 16.6. The number of rotatable bonds is 1. The Labute approximate surface area is 137 Å². The standard InChI is InChI=1S/C20H25NO2/c1-19(2)7-12-17(14(22)9-19)16(11-5-6-11)18-13(21-12)8-20(3,4)10-15(18)23/h11H,5-10H2,1-4H3. The number of Topliss-reactive ketones (excluding diaryl/α,β-unsaturated/α-hetero) is 2. The number of ketones is 2. The lowest BCUT2D eigenvalue weighted by Gasteiger charge is -2.35. The summed E-state index contributed by atoms with van der Waals surface area (Å²) in [7, 11) is 0. The Morgan fingerprint density at radius 3 is 1.61 bits per heavy atom. The third kappa shape index (κ3) is 2.45. The Morgan fingerprint density at radius 2 is 1.22 bits per heavy atom. The van der Waals surface area contributed by atoms with Gasteiger partial charge in [0.2, 0.25) is 0 Å². The highest BCUT2D eigenvalue weighted by Gasteiger charge is 2.43. The second kappa shape index (κ2) is 4.52. The largest absolute Gasteiger partial charge is 0.294 e. The first-order chi connectivity index (χ1) is 10.7. The van der Waals surface area contributed by atoms with E-state index >= 15 is 0 Å². The van der Waals surface area contributed by atoms with Gasteiger partial charge in [-0.1, -0.05) is 27.7 Å². The van der Waals surface area contributed by atoms with Crippen molar-refractivity contribution in [3.63, 3.8) is 0 Å².